The Bertz CT molecular complexity index is 460. The van der Waals surface area contributed by atoms with Gasteiger partial charge >= 0.3 is 5.97 Å². The fourth-order valence-electron chi connectivity index (χ4n) is 2.09. The number of benzene rings is 1. The number of rotatable bonds is 6. The summed E-state index contributed by atoms with van der Waals surface area (Å²) in [5, 5.41) is 11.5. The Balaban J connectivity index is 1.84. The van der Waals surface area contributed by atoms with Crippen molar-refractivity contribution in [1.82, 2.24) is 5.32 Å². The summed E-state index contributed by atoms with van der Waals surface area (Å²) in [4.78, 5) is 22.4. The standard InChI is InChI=1S/C14H17NO4/c1-19-12(9-5-3-2-4-6-9)8-15-13(16)10-7-11(10)14(17)18/h2-6,10-12H,7-8H2,1H3,(H,15,16)(H,17,18)/t10-,11-,12-/m1/s1. The number of amides is 1. The molecule has 102 valence electrons. The van der Waals surface area contributed by atoms with E-state index < -0.39 is 11.9 Å². The van der Waals surface area contributed by atoms with Crippen LogP contribution >= 0.6 is 0 Å². The van der Waals surface area contributed by atoms with Gasteiger partial charge in [-0.2, -0.15) is 0 Å². The molecule has 0 bridgehead atoms. The fraction of sp³-hybridized carbons (Fsp3) is 0.429. The van der Waals surface area contributed by atoms with Crippen molar-refractivity contribution in [2.45, 2.75) is 12.5 Å². The number of hydrogen-bond acceptors (Lipinski definition) is 3. The molecular formula is C14H17NO4. The van der Waals surface area contributed by atoms with Crippen LogP contribution in [0.3, 0.4) is 0 Å². The Morgan fingerprint density at radius 2 is 2.05 bits per heavy atom. The minimum absolute atomic E-state index is 0.203. The van der Waals surface area contributed by atoms with E-state index in [1.165, 1.54) is 0 Å². The molecule has 5 nitrogen and oxygen atoms in total. The van der Waals surface area contributed by atoms with Crippen molar-refractivity contribution in [1.29, 1.82) is 0 Å². The molecule has 1 amide bonds. The van der Waals surface area contributed by atoms with E-state index in [-0.39, 0.29) is 17.9 Å². The molecule has 2 rings (SSSR count). The summed E-state index contributed by atoms with van der Waals surface area (Å²) in [6.07, 6.45) is 0.219. The topological polar surface area (TPSA) is 75.6 Å². The molecule has 0 aromatic heterocycles. The lowest BCUT2D eigenvalue weighted by Crippen LogP contribution is -2.31. The minimum Gasteiger partial charge on any atom is -0.481 e. The van der Waals surface area contributed by atoms with Gasteiger partial charge in [0, 0.05) is 13.7 Å². The fourth-order valence-corrected chi connectivity index (χ4v) is 2.09. The van der Waals surface area contributed by atoms with Gasteiger partial charge in [-0.15, -0.1) is 0 Å². The van der Waals surface area contributed by atoms with Crippen LogP contribution in [-0.4, -0.2) is 30.6 Å². The average molecular weight is 263 g/mol. The lowest BCUT2D eigenvalue weighted by molar-refractivity contribution is -0.140. The lowest BCUT2D eigenvalue weighted by atomic mass is 10.1. The minimum atomic E-state index is -0.897. The average Bonchev–Trinajstić information content (AvgIpc) is 3.21. The van der Waals surface area contributed by atoms with Crippen LogP contribution in [0.25, 0.3) is 0 Å². The van der Waals surface area contributed by atoms with Gasteiger partial charge in [-0.25, -0.2) is 0 Å². The normalized spacial score (nSPS) is 22.6. The van der Waals surface area contributed by atoms with Crippen molar-refractivity contribution in [3.05, 3.63) is 35.9 Å². The first-order valence-electron chi connectivity index (χ1n) is 6.21. The molecule has 0 saturated heterocycles. The van der Waals surface area contributed by atoms with Gasteiger partial charge in [-0.3, -0.25) is 9.59 Å². The molecule has 1 aromatic carbocycles. The number of methoxy groups -OCH3 is 1. The van der Waals surface area contributed by atoms with Crippen molar-refractivity contribution < 1.29 is 19.4 Å². The van der Waals surface area contributed by atoms with Gasteiger partial charge in [-0.1, -0.05) is 30.3 Å². The van der Waals surface area contributed by atoms with Gasteiger partial charge < -0.3 is 15.2 Å². The zero-order valence-corrected chi connectivity index (χ0v) is 10.7. The summed E-state index contributed by atoms with van der Waals surface area (Å²) in [5.41, 5.74) is 0.982. The van der Waals surface area contributed by atoms with Crippen molar-refractivity contribution >= 4 is 11.9 Å². The van der Waals surface area contributed by atoms with E-state index in [9.17, 15) is 9.59 Å². The molecule has 0 spiro atoms. The molecule has 2 N–H and O–H groups in total. The summed E-state index contributed by atoms with van der Waals surface area (Å²) in [5.74, 6) is -2.00. The molecule has 0 unspecified atom stereocenters. The Morgan fingerprint density at radius 3 is 2.58 bits per heavy atom. The molecule has 1 fully saturated rings. The monoisotopic (exact) mass is 263 g/mol. The molecule has 3 atom stereocenters. The van der Waals surface area contributed by atoms with Gasteiger partial charge in [0.1, 0.15) is 0 Å². The molecule has 1 saturated carbocycles. The van der Waals surface area contributed by atoms with E-state index in [0.717, 1.165) is 5.56 Å². The number of nitrogens with one attached hydrogen (secondary N) is 1. The van der Waals surface area contributed by atoms with Crippen molar-refractivity contribution in [2.24, 2.45) is 11.8 Å². The number of ether oxygens (including phenoxy) is 1. The van der Waals surface area contributed by atoms with Crippen LogP contribution in [0.1, 0.15) is 18.1 Å². The highest BCUT2D eigenvalue weighted by Gasteiger charge is 2.48. The SMILES string of the molecule is CO[C@H](CNC(=O)[C@@H]1C[C@H]1C(=O)O)c1ccccc1. The molecule has 5 heteroatoms. The maximum absolute atomic E-state index is 11.7. The van der Waals surface area contributed by atoms with Crippen LogP contribution in [0, 0.1) is 11.8 Å². The van der Waals surface area contributed by atoms with Crippen molar-refractivity contribution in [2.75, 3.05) is 13.7 Å². The third-order valence-electron chi connectivity index (χ3n) is 3.36. The highest BCUT2D eigenvalue weighted by Crippen LogP contribution is 2.38. The Morgan fingerprint density at radius 1 is 1.37 bits per heavy atom. The van der Waals surface area contributed by atoms with E-state index in [4.69, 9.17) is 9.84 Å². The van der Waals surface area contributed by atoms with Gasteiger partial charge in [0.2, 0.25) is 5.91 Å². The number of carbonyl (C=O) groups excluding carboxylic acids is 1. The van der Waals surface area contributed by atoms with Crippen LogP contribution in [0.5, 0.6) is 0 Å². The maximum Gasteiger partial charge on any atom is 0.307 e. The van der Waals surface area contributed by atoms with E-state index >= 15 is 0 Å². The Hall–Kier alpha value is -1.88. The summed E-state index contributed by atoms with van der Waals surface area (Å²) < 4.78 is 5.33. The zero-order valence-electron chi connectivity index (χ0n) is 10.7. The van der Waals surface area contributed by atoms with Crippen LogP contribution in [0.4, 0.5) is 0 Å². The molecule has 1 aromatic rings. The zero-order chi connectivity index (χ0) is 13.8. The van der Waals surface area contributed by atoms with Gasteiger partial charge in [-0.05, 0) is 12.0 Å². The summed E-state index contributed by atoms with van der Waals surface area (Å²) >= 11 is 0. The lowest BCUT2D eigenvalue weighted by Gasteiger charge is -2.16. The molecule has 0 aliphatic heterocycles. The predicted octanol–water partition coefficient (Wildman–Crippen LogP) is 1.21. The van der Waals surface area contributed by atoms with Gasteiger partial charge in [0.25, 0.3) is 0 Å². The summed E-state index contributed by atoms with van der Waals surface area (Å²) in [6, 6.07) is 9.58. The molecule has 1 aliphatic rings. The second kappa shape index (κ2) is 5.84. The van der Waals surface area contributed by atoms with E-state index in [0.29, 0.717) is 13.0 Å². The third-order valence-corrected chi connectivity index (χ3v) is 3.36. The molecule has 0 radical (unpaired) electrons. The third kappa shape index (κ3) is 3.32. The highest BCUT2D eigenvalue weighted by molar-refractivity contribution is 5.89. The predicted molar refractivity (Wildman–Crippen MR) is 68.4 cm³/mol. The number of aliphatic carboxylic acids is 1. The number of carboxylic acid groups (broad SMARTS) is 1. The first kappa shape index (κ1) is 13.5. The largest absolute Gasteiger partial charge is 0.481 e. The second-order valence-corrected chi connectivity index (χ2v) is 4.67. The van der Waals surface area contributed by atoms with E-state index in [1.807, 2.05) is 30.3 Å². The smallest absolute Gasteiger partial charge is 0.307 e. The van der Waals surface area contributed by atoms with Crippen LogP contribution < -0.4 is 5.32 Å². The Kier molecular flexibility index (Phi) is 4.16. The van der Waals surface area contributed by atoms with Crippen molar-refractivity contribution in [3.8, 4) is 0 Å². The number of hydrogen-bond donors (Lipinski definition) is 2. The van der Waals surface area contributed by atoms with Gasteiger partial charge in [0.15, 0.2) is 0 Å². The summed E-state index contributed by atoms with van der Waals surface area (Å²) in [6.45, 7) is 0.349. The molecule has 1 aliphatic carbocycles. The van der Waals surface area contributed by atoms with Crippen LogP contribution in [0.15, 0.2) is 30.3 Å². The van der Waals surface area contributed by atoms with Crippen molar-refractivity contribution in [3.63, 3.8) is 0 Å². The number of carboxylic acids is 1. The maximum atomic E-state index is 11.7. The second-order valence-electron chi connectivity index (χ2n) is 4.67. The molecular weight excluding hydrogens is 246 g/mol. The summed E-state index contributed by atoms with van der Waals surface area (Å²) in [7, 11) is 1.58. The Labute approximate surface area is 111 Å². The van der Waals surface area contributed by atoms with Gasteiger partial charge in [0.05, 0.1) is 17.9 Å². The van der Waals surface area contributed by atoms with Crippen LogP contribution in [-0.2, 0) is 14.3 Å². The quantitative estimate of drug-likeness (QED) is 0.809. The highest BCUT2D eigenvalue weighted by atomic mass is 16.5. The molecule has 0 heterocycles. The van der Waals surface area contributed by atoms with E-state index in [1.54, 1.807) is 7.11 Å². The molecule has 19 heavy (non-hydrogen) atoms. The number of carbonyl (C=O) groups is 2. The van der Waals surface area contributed by atoms with E-state index in [2.05, 4.69) is 5.32 Å². The first-order chi connectivity index (χ1) is 9.13. The first-order valence-corrected chi connectivity index (χ1v) is 6.21. The van der Waals surface area contributed by atoms with Crippen LogP contribution in [0.2, 0.25) is 0 Å².